The molecule has 2 heteroatoms. The first kappa shape index (κ1) is 29.9. The Morgan fingerprint density at radius 1 is 0.500 bits per heavy atom. The number of nitrogens with one attached hydrogen (secondary N) is 1. The SMILES string of the molecule is CCCCCCCCCCCCCCCCCCC(NCCCCC)N(C)CCC. The van der Waals surface area contributed by atoms with Crippen molar-refractivity contribution in [2.24, 2.45) is 0 Å². The first-order valence-corrected chi connectivity index (χ1v) is 14.2. The zero-order valence-electron chi connectivity index (χ0n) is 21.8. The summed E-state index contributed by atoms with van der Waals surface area (Å²) in [5.74, 6) is 0. The van der Waals surface area contributed by atoms with Gasteiger partial charge in [0, 0.05) is 0 Å². The second-order valence-electron chi connectivity index (χ2n) is 9.75. The Bertz CT molecular complexity index is 305. The minimum atomic E-state index is 0.591. The van der Waals surface area contributed by atoms with Crippen molar-refractivity contribution in [3.8, 4) is 0 Å². The Kier molecular flexibility index (Phi) is 25.1. The van der Waals surface area contributed by atoms with Crippen LogP contribution in [-0.2, 0) is 0 Å². The van der Waals surface area contributed by atoms with E-state index in [4.69, 9.17) is 0 Å². The van der Waals surface area contributed by atoms with Crippen LogP contribution in [0.15, 0.2) is 0 Å². The fourth-order valence-electron chi connectivity index (χ4n) is 4.52. The lowest BCUT2D eigenvalue weighted by Gasteiger charge is -2.29. The lowest BCUT2D eigenvalue weighted by atomic mass is 10.0. The second-order valence-corrected chi connectivity index (χ2v) is 9.75. The van der Waals surface area contributed by atoms with E-state index in [1.165, 1.54) is 148 Å². The van der Waals surface area contributed by atoms with Gasteiger partial charge in [-0.2, -0.15) is 0 Å². The van der Waals surface area contributed by atoms with Crippen LogP contribution in [0.25, 0.3) is 0 Å². The molecule has 1 unspecified atom stereocenters. The standard InChI is InChI=1S/C28H60N2/c1-5-8-10-11-12-13-14-15-16-17-18-19-20-21-22-23-25-28(30(4)27-7-3)29-26-24-9-6-2/h28-29H,5-27H2,1-4H3. The molecule has 0 saturated carbocycles. The molecule has 0 bridgehead atoms. The Labute approximate surface area is 192 Å². The van der Waals surface area contributed by atoms with Crippen LogP contribution in [0.3, 0.4) is 0 Å². The summed E-state index contributed by atoms with van der Waals surface area (Å²) in [6.45, 7) is 9.28. The van der Waals surface area contributed by atoms with Gasteiger partial charge in [0.25, 0.3) is 0 Å². The van der Waals surface area contributed by atoms with Crippen LogP contribution in [0.5, 0.6) is 0 Å². The molecule has 0 aromatic rings. The fourth-order valence-corrected chi connectivity index (χ4v) is 4.52. The molecule has 0 saturated heterocycles. The maximum Gasteiger partial charge on any atom is 0.0594 e. The summed E-state index contributed by atoms with van der Waals surface area (Å²) in [6, 6.07) is 0. The number of nitrogens with zero attached hydrogens (tertiary/aromatic N) is 1. The smallest absolute Gasteiger partial charge is 0.0594 e. The van der Waals surface area contributed by atoms with Gasteiger partial charge in [-0.1, -0.05) is 136 Å². The van der Waals surface area contributed by atoms with Crippen molar-refractivity contribution in [3.63, 3.8) is 0 Å². The molecular formula is C28H60N2. The highest BCUT2D eigenvalue weighted by atomic mass is 15.2. The van der Waals surface area contributed by atoms with Gasteiger partial charge in [0.1, 0.15) is 0 Å². The van der Waals surface area contributed by atoms with Gasteiger partial charge >= 0.3 is 0 Å². The summed E-state index contributed by atoms with van der Waals surface area (Å²) in [5.41, 5.74) is 0. The van der Waals surface area contributed by atoms with Gasteiger partial charge in [0.05, 0.1) is 6.17 Å². The van der Waals surface area contributed by atoms with E-state index < -0.39 is 0 Å². The number of hydrogen-bond donors (Lipinski definition) is 1. The van der Waals surface area contributed by atoms with E-state index in [9.17, 15) is 0 Å². The molecule has 0 amide bonds. The summed E-state index contributed by atoms with van der Waals surface area (Å²) >= 11 is 0. The molecule has 0 heterocycles. The van der Waals surface area contributed by atoms with Gasteiger partial charge in [0.2, 0.25) is 0 Å². The molecule has 30 heavy (non-hydrogen) atoms. The van der Waals surface area contributed by atoms with E-state index in [-0.39, 0.29) is 0 Å². The van der Waals surface area contributed by atoms with E-state index in [0.29, 0.717) is 6.17 Å². The van der Waals surface area contributed by atoms with Crippen molar-refractivity contribution >= 4 is 0 Å². The van der Waals surface area contributed by atoms with E-state index in [1.54, 1.807) is 0 Å². The molecule has 1 atom stereocenters. The van der Waals surface area contributed by atoms with E-state index in [0.717, 1.165) is 0 Å². The summed E-state index contributed by atoms with van der Waals surface area (Å²) in [7, 11) is 2.30. The van der Waals surface area contributed by atoms with Crippen molar-refractivity contribution in [2.75, 3.05) is 20.1 Å². The van der Waals surface area contributed by atoms with Crippen LogP contribution in [0.4, 0.5) is 0 Å². The average Bonchev–Trinajstić information content (AvgIpc) is 2.75. The van der Waals surface area contributed by atoms with Crippen molar-refractivity contribution in [1.82, 2.24) is 10.2 Å². The normalized spacial score (nSPS) is 12.7. The Morgan fingerprint density at radius 3 is 1.33 bits per heavy atom. The third-order valence-electron chi connectivity index (χ3n) is 6.60. The van der Waals surface area contributed by atoms with E-state index >= 15 is 0 Å². The van der Waals surface area contributed by atoms with Crippen molar-refractivity contribution in [2.45, 2.75) is 162 Å². The molecule has 0 spiro atoms. The molecule has 0 aliphatic heterocycles. The van der Waals surface area contributed by atoms with Crippen molar-refractivity contribution < 1.29 is 0 Å². The Morgan fingerprint density at radius 2 is 0.900 bits per heavy atom. The maximum absolute atomic E-state index is 3.82. The molecule has 0 fully saturated rings. The van der Waals surface area contributed by atoms with Crippen LogP contribution in [0.2, 0.25) is 0 Å². The van der Waals surface area contributed by atoms with Crippen LogP contribution in [0.1, 0.15) is 156 Å². The van der Waals surface area contributed by atoms with Crippen LogP contribution in [0, 0.1) is 0 Å². The lowest BCUT2D eigenvalue weighted by molar-refractivity contribution is 0.188. The molecule has 182 valence electrons. The largest absolute Gasteiger partial charge is 0.302 e. The van der Waals surface area contributed by atoms with Crippen LogP contribution >= 0.6 is 0 Å². The Hall–Kier alpha value is -0.0800. The lowest BCUT2D eigenvalue weighted by Crippen LogP contribution is -2.44. The topological polar surface area (TPSA) is 15.3 Å². The number of rotatable bonds is 25. The Balaban J connectivity index is 3.47. The molecule has 1 N–H and O–H groups in total. The van der Waals surface area contributed by atoms with Gasteiger partial charge in [-0.25, -0.2) is 0 Å². The molecule has 0 rings (SSSR count). The van der Waals surface area contributed by atoms with E-state index in [2.05, 4.69) is 38.0 Å². The van der Waals surface area contributed by atoms with Gasteiger partial charge in [-0.3, -0.25) is 4.90 Å². The molecular weight excluding hydrogens is 364 g/mol. The zero-order chi connectivity index (χ0) is 22.1. The highest BCUT2D eigenvalue weighted by molar-refractivity contribution is 4.67. The molecule has 0 aliphatic rings. The first-order chi connectivity index (χ1) is 14.8. The number of unbranched alkanes of at least 4 members (excludes halogenated alkanes) is 17. The predicted octanol–water partition coefficient (Wildman–Crippen LogP) is 9.09. The van der Waals surface area contributed by atoms with Crippen molar-refractivity contribution in [1.29, 1.82) is 0 Å². The summed E-state index contributed by atoms with van der Waals surface area (Å²) in [6.07, 6.45) is 30.4. The van der Waals surface area contributed by atoms with Gasteiger partial charge in [-0.15, -0.1) is 0 Å². The third-order valence-corrected chi connectivity index (χ3v) is 6.60. The summed E-state index contributed by atoms with van der Waals surface area (Å²) < 4.78 is 0. The molecule has 0 aromatic heterocycles. The zero-order valence-corrected chi connectivity index (χ0v) is 21.8. The third kappa shape index (κ3) is 21.2. The number of hydrogen-bond acceptors (Lipinski definition) is 2. The minimum Gasteiger partial charge on any atom is -0.302 e. The average molecular weight is 425 g/mol. The van der Waals surface area contributed by atoms with Gasteiger partial charge < -0.3 is 5.32 Å². The molecule has 0 aliphatic carbocycles. The van der Waals surface area contributed by atoms with E-state index in [1.807, 2.05) is 0 Å². The summed E-state index contributed by atoms with van der Waals surface area (Å²) in [4.78, 5) is 2.54. The van der Waals surface area contributed by atoms with Crippen LogP contribution < -0.4 is 5.32 Å². The second kappa shape index (κ2) is 25.2. The van der Waals surface area contributed by atoms with Gasteiger partial charge in [-0.05, 0) is 39.4 Å². The minimum absolute atomic E-state index is 0.591. The van der Waals surface area contributed by atoms with Crippen LogP contribution in [-0.4, -0.2) is 31.2 Å². The predicted molar refractivity (Wildman–Crippen MR) is 138 cm³/mol. The van der Waals surface area contributed by atoms with Crippen molar-refractivity contribution in [3.05, 3.63) is 0 Å². The monoisotopic (exact) mass is 424 g/mol. The van der Waals surface area contributed by atoms with Gasteiger partial charge in [0.15, 0.2) is 0 Å². The first-order valence-electron chi connectivity index (χ1n) is 14.2. The quantitative estimate of drug-likeness (QED) is 0.116. The molecule has 0 aromatic carbocycles. The molecule has 2 nitrogen and oxygen atoms in total. The maximum atomic E-state index is 3.82. The summed E-state index contributed by atoms with van der Waals surface area (Å²) in [5, 5.41) is 3.82. The highest BCUT2D eigenvalue weighted by Gasteiger charge is 2.12. The molecule has 0 radical (unpaired) electrons. The highest BCUT2D eigenvalue weighted by Crippen LogP contribution is 2.15. The fraction of sp³-hybridized carbons (Fsp3) is 1.00.